The summed E-state index contributed by atoms with van der Waals surface area (Å²) in [7, 11) is 0. The van der Waals surface area contributed by atoms with Crippen LogP contribution in [-0.2, 0) is 25.6 Å². The van der Waals surface area contributed by atoms with Gasteiger partial charge in [-0.1, -0.05) is 13.8 Å². The van der Waals surface area contributed by atoms with E-state index in [0.717, 1.165) is 0 Å². The molecule has 0 aromatic carbocycles. The van der Waals surface area contributed by atoms with E-state index in [2.05, 4.69) is 20.6 Å². The third-order valence-electron chi connectivity index (χ3n) is 3.87. The summed E-state index contributed by atoms with van der Waals surface area (Å²) in [6.07, 6.45) is 2.90. The van der Waals surface area contributed by atoms with Crippen molar-refractivity contribution < 1.29 is 24.3 Å². The molecule has 150 valence electrons. The fraction of sp³-hybridized carbons (Fsp3) is 0.562. The van der Waals surface area contributed by atoms with Crippen LogP contribution in [0.5, 0.6) is 0 Å². The molecular formula is C16H26N6O5. The number of hydrogen-bond acceptors (Lipinski definition) is 6. The van der Waals surface area contributed by atoms with E-state index in [1.54, 1.807) is 13.8 Å². The maximum absolute atomic E-state index is 12.5. The van der Waals surface area contributed by atoms with Gasteiger partial charge in [-0.05, 0) is 12.3 Å². The van der Waals surface area contributed by atoms with Gasteiger partial charge in [0.1, 0.15) is 12.1 Å². The molecule has 0 spiro atoms. The average Bonchev–Trinajstić information content (AvgIpc) is 3.07. The van der Waals surface area contributed by atoms with Gasteiger partial charge < -0.3 is 32.2 Å². The van der Waals surface area contributed by atoms with Crippen molar-refractivity contribution >= 4 is 23.7 Å². The summed E-state index contributed by atoms with van der Waals surface area (Å²) in [5.41, 5.74) is 11.6. The third kappa shape index (κ3) is 7.44. The van der Waals surface area contributed by atoms with Crippen molar-refractivity contribution in [3.8, 4) is 0 Å². The van der Waals surface area contributed by atoms with E-state index in [4.69, 9.17) is 11.5 Å². The molecule has 11 nitrogen and oxygen atoms in total. The highest BCUT2D eigenvalue weighted by Gasteiger charge is 2.29. The number of amides is 3. The summed E-state index contributed by atoms with van der Waals surface area (Å²) in [6.45, 7) is 3.27. The lowest BCUT2D eigenvalue weighted by molar-refractivity contribution is -0.143. The highest BCUT2D eigenvalue weighted by molar-refractivity contribution is 5.92. The van der Waals surface area contributed by atoms with Crippen molar-refractivity contribution in [2.24, 2.45) is 17.4 Å². The van der Waals surface area contributed by atoms with Gasteiger partial charge in [-0.15, -0.1) is 0 Å². The lowest BCUT2D eigenvalue weighted by atomic mass is 10.0. The number of carbonyl (C=O) groups excluding carboxylic acids is 3. The summed E-state index contributed by atoms with van der Waals surface area (Å²) in [5, 5.41) is 14.0. The predicted octanol–water partition coefficient (Wildman–Crippen LogP) is -1.74. The van der Waals surface area contributed by atoms with Crippen molar-refractivity contribution in [1.29, 1.82) is 0 Å². The predicted molar refractivity (Wildman–Crippen MR) is 95.0 cm³/mol. The molecule has 1 aromatic heterocycles. The van der Waals surface area contributed by atoms with Crippen LogP contribution in [0.15, 0.2) is 12.5 Å². The van der Waals surface area contributed by atoms with Crippen molar-refractivity contribution in [2.75, 3.05) is 0 Å². The largest absolute Gasteiger partial charge is 0.480 e. The van der Waals surface area contributed by atoms with Gasteiger partial charge in [0.25, 0.3) is 0 Å². The molecule has 0 aliphatic heterocycles. The minimum absolute atomic E-state index is 0.0753. The summed E-state index contributed by atoms with van der Waals surface area (Å²) in [5.74, 6) is -3.57. The molecule has 0 radical (unpaired) electrons. The standard InChI is InChI=1S/C16H26N6O5/c1-8(2)13(16(26)27)22-15(25)11(3-4-12(18)23)21-14(24)10(17)5-9-6-19-7-20-9/h6-8,10-11,13H,3-5,17H2,1-2H3,(H2,18,23)(H,19,20)(H,21,24)(H,22,25)(H,26,27). The molecule has 3 atom stereocenters. The van der Waals surface area contributed by atoms with Gasteiger partial charge in [0, 0.05) is 24.7 Å². The molecule has 0 saturated carbocycles. The topological polar surface area (TPSA) is 193 Å². The van der Waals surface area contributed by atoms with Gasteiger partial charge in [-0.25, -0.2) is 9.78 Å². The van der Waals surface area contributed by atoms with E-state index in [0.29, 0.717) is 5.69 Å². The Morgan fingerprint density at radius 2 is 1.89 bits per heavy atom. The maximum atomic E-state index is 12.5. The fourth-order valence-electron chi connectivity index (χ4n) is 2.33. The first-order valence-electron chi connectivity index (χ1n) is 8.46. The van der Waals surface area contributed by atoms with Crippen molar-refractivity contribution in [1.82, 2.24) is 20.6 Å². The molecule has 1 heterocycles. The minimum atomic E-state index is -1.20. The molecule has 0 aliphatic carbocycles. The second-order valence-electron chi connectivity index (χ2n) is 6.52. The molecule has 11 heteroatoms. The smallest absolute Gasteiger partial charge is 0.326 e. The Morgan fingerprint density at radius 1 is 1.22 bits per heavy atom. The second-order valence-corrected chi connectivity index (χ2v) is 6.52. The number of hydrogen-bond donors (Lipinski definition) is 6. The fourth-order valence-corrected chi connectivity index (χ4v) is 2.33. The summed E-state index contributed by atoms with van der Waals surface area (Å²) < 4.78 is 0. The number of primary amides is 1. The molecule has 0 fully saturated rings. The number of imidazole rings is 1. The van der Waals surface area contributed by atoms with E-state index in [1.807, 2.05) is 0 Å². The summed E-state index contributed by atoms with van der Waals surface area (Å²) >= 11 is 0. The zero-order valence-corrected chi connectivity index (χ0v) is 15.3. The molecule has 3 amide bonds. The van der Waals surface area contributed by atoms with Crippen LogP contribution in [0.25, 0.3) is 0 Å². The SMILES string of the molecule is CC(C)C(NC(=O)C(CCC(N)=O)NC(=O)C(N)Cc1cnc[nH]1)C(=O)O. The van der Waals surface area contributed by atoms with Crippen LogP contribution in [0.2, 0.25) is 0 Å². The molecule has 0 aliphatic rings. The van der Waals surface area contributed by atoms with Gasteiger partial charge in [0.05, 0.1) is 12.4 Å². The number of nitrogens with one attached hydrogen (secondary N) is 3. The first-order valence-corrected chi connectivity index (χ1v) is 8.46. The number of carbonyl (C=O) groups is 4. The first kappa shape index (κ1) is 22.1. The van der Waals surface area contributed by atoms with E-state index >= 15 is 0 Å². The molecule has 1 rings (SSSR count). The van der Waals surface area contributed by atoms with E-state index in [9.17, 15) is 24.3 Å². The highest BCUT2D eigenvalue weighted by Crippen LogP contribution is 2.05. The first-order chi connectivity index (χ1) is 12.6. The van der Waals surface area contributed by atoms with Crippen LogP contribution in [0.4, 0.5) is 0 Å². The van der Waals surface area contributed by atoms with Crippen LogP contribution in [0, 0.1) is 5.92 Å². The number of nitrogens with two attached hydrogens (primary N) is 2. The Hall–Kier alpha value is -2.95. The Bertz CT molecular complexity index is 660. The van der Waals surface area contributed by atoms with E-state index < -0.39 is 41.8 Å². The summed E-state index contributed by atoms with van der Waals surface area (Å²) in [6, 6.07) is -3.24. The van der Waals surface area contributed by atoms with Gasteiger partial charge in [-0.3, -0.25) is 14.4 Å². The number of carboxylic acid groups (broad SMARTS) is 1. The lowest BCUT2D eigenvalue weighted by Gasteiger charge is -2.24. The van der Waals surface area contributed by atoms with Crippen LogP contribution in [0.1, 0.15) is 32.4 Å². The van der Waals surface area contributed by atoms with Crippen LogP contribution in [0.3, 0.4) is 0 Å². The average molecular weight is 382 g/mol. The van der Waals surface area contributed by atoms with Crippen LogP contribution >= 0.6 is 0 Å². The molecule has 0 bridgehead atoms. The number of carboxylic acids is 1. The number of nitrogens with zero attached hydrogens (tertiary/aromatic N) is 1. The number of aromatic nitrogens is 2. The Balaban J connectivity index is 2.79. The van der Waals surface area contributed by atoms with Crippen LogP contribution in [-0.4, -0.2) is 56.9 Å². The van der Waals surface area contributed by atoms with Gasteiger partial charge in [-0.2, -0.15) is 0 Å². The van der Waals surface area contributed by atoms with Crippen molar-refractivity contribution in [3.05, 3.63) is 18.2 Å². The highest BCUT2D eigenvalue weighted by atomic mass is 16.4. The van der Waals surface area contributed by atoms with E-state index in [1.165, 1.54) is 12.5 Å². The minimum Gasteiger partial charge on any atom is -0.480 e. The van der Waals surface area contributed by atoms with Gasteiger partial charge in [0.2, 0.25) is 17.7 Å². The zero-order valence-electron chi connectivity index (χ0n) is 15.3. The van der Waals surface area contributed by atoms with Crippen molar-refractivity contribution in [2.45, 2.75) is 51.2 Å². The van der Waals surface area contributed by atoms with Crippen LogP contribution < -0.4 is 22.1 Å². The lowest BCUT2D eigenvalue weighted by Crippen LogP contribution is -2.55. The second kappa shape index (κ2) is 10.3. The third-order valence-corrected chi connectivity index (χ3v) is 3.87. The zero-order chi connectivity index (χ0) is 20.6. The molecule has 8 N–H and O–H groups in total. The maximum Gasteiger partial charge on any atom is 0.326 e. The Labute approximate surface area is 156 Å². The molecule has 3 unspecified atom stereocenters. The summed E-state index contributed by atoms with van der Waals surface area (Å²) in [4.78, 5) is 53.7. The Morgan fingerprint density at radius 3 is 2.37 bits per heavy atom. The normalized spacial score (nSPS) is 14.2. The van der Waals surface area contributed by atoms with Gasteiger partial charge >= 0.3 is 5.97 Å². The number of H-pyrrole nitrogens is 1. The number of rotatable bonds is 11. The van der Waals surface area contributed by atoms with Gasteiger partial charge in [0.15, 0.2) is 0 Å². The quantitative estimate of drug-likeness (QED) is 0.261. The monoisotopic (exact) mass is 382 g/mol. The Kier molecular flexibility index (Phi) is 8.39. The van der Waals surface area contributed by atoms with E-state index in [-0.39, 0.29) is 25.2 Å². The molecule has 1 aromatic rings. The number of aliphatic carboxylic acids is 1. The molecule has 27 heavy (non-hydrogen) atoms. The number of aromatic amines is 1. The molecular weight excluding hydrogens is 356 g/mol. The van der Waals surface area contributed by atoms with Crippen molar-refractivity contribution in [3.63, 3.8) is 0 Å². The molecule has 0 saturated heterocycles.